The second kappa shape index (κ2) is 18.0. The summed E-state index contributed by atoms with van der Waals surface area (Å²) in [4.78, 5) is 12.2. The highest BCUT2D eigenvalue weighted by Gasteiger charge is 2.15. The summed E-state index contributed by atoms with van der Waals surface area (Å²) in [6.45, 7) is 5.94. The minimum absolute atomic E-state index is 0.199. The van der Waals surface area contributed by atoms with Crippen molar-refractivity contribution in [3.63, 3.8) is 0 Å². The first-order chi connectivity index (χ1) is 17.1. The average Bonchev–Trinajstić information content (AvgIpc) is 3.21. The van der Waals surface area contributed by atoms with E-state index in [1.165, 1.54) is 83.5 Å². The summed E-state index contributed by atoms with van der Waals surface area (Å²) in [5.41, 5.74) is 1.76. The molecule has 2 rings (SSSR count). The highest BCUT2D eigenvalue weighted by molar-refractivity contribution is 5.69. The number of rotatable bonds is 20. The number of hydrogen-bond donors (Lipinski definition) is 0. The van der Waals surface area contributed by atoms with Gasteiger partial charge in [0.15, 0.2) is 0 Å². The second-order valence-electron chi connectivity index (χ2n) is 9.75. The van der Waals surface area contributed by atoms with Crippen LogP contribution >= 0.6 is 0 Å². The maximum absolute atomic E-state index is 12.2. The highest BCUT2D eigenvalue weighted by Crippen LogP contribution is 2.21. The molecule has 0 aliphatic heterocycles. The van der Waals surface area contributed by atoms with Gasteiger partial charge < -0.3 is 9.47 Å². The molecule has 1 unspecified atom stereocenters. The quantitative estimate of drug-likeness (QED) is 0.107. The predicted octanol–water partition coefficient (Wildman–Crippen LogP) is 8.71. The molecule has 5 nitrogen and oxygen atoms in total. The Morgan fingerprint density at radius 3 is 1.89 bits per heavy atom. The maximum Gasteiger partial charge on any atom is 0.308 e. The Labute approximate surface area is 213 Å². The number of para-hydroxylation sites is 1. The summed E-state index contributed by atoms with van der Waals surface area (Å²) in [5.74, 6) is 0.371. The van der Waals surface area contributed by atoms with Crippen molar-refractivity contribution in [2.45, 2.75) is 130 Å². The van der Waals surface area contributed by atoms with E-state index in [9.17, 15) is 4.79 Å². The number of esters is 1. The number of carbonyl (C=O) groups is 1. The molecule has 0 saturated heterocycles. The van der Waals surface area contributed by atoms with Crippen molar-refractivity contribution in [3.8, 4) is 11.6 Å². The van der Waals surface area contributed by atoms with Crippen molar-refractivity contribution in [1.29, 1.82) is 0 Å². The Hall–Kier alpha value is -2.30. The summed E-state index contributed by atoms with van der Waals surface area (Å²) in [7, 11) is 0. The van der Waals surface area contributed by atoms with Gasteiger partial charge in [-0.1, -0.05) is 115 Å². The molecular formula is C30H48N2O3. The van der Waals surface area contributed by atoms with E-state index in [1.807, 2.05) is 43.3 Å². The summed E-state index contributed by atoms with van der Waals surface area (Å²) in [6.07, 6.45) is 19.5. The fraction of sp³-hybridized carbons (Fsp3) is 0.667. The van der Waals surface area contributed by atoms with Crippen molar-refractivity contribution in [2.75, 3.05) is 0 Å². The van der Waals surface area contributed by atoms with Gasteiger partial charge in [-0.3, -0.25) is 4.79 Å². The molecule has 1 heterocycles. The molecular weight excluding hydrogens is 436 g/mol. The van der Waals surface area contributed by atoms with Gasteiger partial charge in [0.05, 0.1) is 11.4 Å². The van der Waals surface area contributed by atoms with E-state index in [4.69, 9.17) is 9.47 Å². The number of ether oxygens (including phenoxy) is 2. The van der Waals surface area contributed by atoms with Crippen LogP contribution in [-0.2, 0) is 9.53 Å². The van der Waals surface area contributed by atoms with Crippen molar-refractivity contribution >= 4 is 5.97 Å². The van der Waals surface area contributed by atoms with Gasteiger partial charge >= 0.3 is 5.97 Å². The Bertz CT molecular complexity index is 803. The zero-order valence-corrected chi connectivity index (χ0v) is 22.5. The first-order valence-electron chi connectivity index (χ1n) is 14.1. The molecule has 1 aromatic heterocycles. The van der Waals surface area contributed by atoms with Gasteiger partial charge in [0.2, 0.25) is 12.2 Å². The lowest BCUT2D eigenvalue weighted by Crippen LogP contribution is -2.22. The summed E-state index contributed by atoms with van der Waals surface area (Å²) >= 11 is 0. The van der Waals surface area contributed by atoms with Crippen LogP contribution in [0, 0.1) is 6.92 Å². The molecule has 196 valence electrons. The number of hydrogen-bond acceptors (Lipinski definition) is 4. The molecule has 0 aliphatic rings. The molecule has 5 heteroatoms. The van der Waals surface area contributed by atoms with Crippen LogP contribution in [-0.4, -0.2) is 22.0 Å². The van der Waals surface area contributed by atoms with Gasteiger partial charge in [0.25, 0.3) is 0 Å². The van der Waals surface area contributed by atoms with Crippen LogP contribution in [0.5, 0.6) is 5.88 Å². The minimum Gasteiger partial charge on any atom is -0.438 e. The monoisotopic (exact) mass is 484 g/mol. The summed E-state index contributed by atoms with van der Waals surface area (Å²) < 4.78 is 13.1. The fourth-order valence-corrected chi connectivity index (χ4v) is 4.39. The molecule has 0 saturated carbocycles. The number of aryl methyl sites for hydroxylation is 1. The lowest BCUT2D eigenvalue weighted by Gasteiger charge is -2.16. The molecule has 0 amide bonds. The molecule has 1 atom stereocenters. The number of aromatic nitrogens is 2. The zero-order valence-electron chi connectivity index (χ0n) is 22.5. The first-order valence-corrected chi connectivity index (χ1v) is 14.1. The molecule has 0 radical (unpaired) electrons. The number of unbranched alkanes of at least 4 members (excludes halogenated alkanes) is 14. The van der Waals surface area contributed by atoms with E-state index in [0.717, 1.165) is 24.2 Å². The van der Waals surface area contributed by atoms with Gasteiger partial charge in [-0.15, -0.1) is 0 Å². The molecule has 0 bridgehead atoms. The third kappa shape index (κ3) is 12.8. The normalized spacial score (nSPS) is 12.0. The molecule has 2 aromatic rings. The van der Waals surface area contributed by atoms with Crippen molar-refractivity contribution < 1.29 is 14.3 Å². The van der Waals surface area contributed by atoms with Crippen LogP contribution in [0.3, 0.4) is 0 Å². The van der Waals surface area contributed by atoms with Crippen LogP contribution in [0.4, 0.5) is 0 Å². The van der Waals surface area contributed by atoms with Gasteiger partial charge in [-0.25, -0.2) is 4.68 Å². The van der Waals surface area contributed by atoms with Gasteiger partial charge in [0.1, 0.15) is 0 Å². The predicted molar refractivity (Wildman–Crippen MR) is 144 cm³/mol. The Kier molecular flexibility index (Phi) is 14.9. The largest absolute Gasteiger partial charge is 0.438 e. The first kappa shape index (κ1) is 28.9. The Morgan fingerprint density at radius 1 is 0.829 bits per heavy atom. The van der Waals surface area contributed by atoms with Crippen LogP contribution < -0.4 is 4.74 Å². The Morgan fingerprint density at radius 2 is 1.34 bits per heavy atom. The Balaban J connectivity index is 1.47. The van der Waals surface area contributed by atoms with Crippen LogP contribution in [0.1, 0.15) is 122 Å². The fourth-order valence-electron chi connectivity index (χ4n) is 4.39. The lowest BCUT2D eigenvalue weighted by atomic mass is 10.0. The van der Waals surface area contributed by atoms with E-state index in [-0.39, 0.29) is 5.97 Å². The van der Waals surface area contributed by atoms with Gasteiger partial charge in [-0.05, 0) is 25.5 Å². The molecule has 0 N–H and O–H groups in total. The smallest absolute Gasteiger partial charge is 0.308 e. The van der Waals surface area contributed by atoms with Crippen LogP contribution in [0.15, 0.2) is 36.4 Å². The number of benzene rings is 1. The van der Waals surface area contributed by atoms with Gasteiger partial charge in [0, 0.05) is 19.4 Å². The highest BCUT2D eigenvalue weighted by atomic mass is 16.7. The van der Waals surface area contributed by atoms with Crippen molar-refractivity contribution in [1.82, 2.24) is 9.78 Å². The van der Waals surface area contributed by atoms with Crippen LogP contribution in [0.25, 0.3) is 5.69 Å². The topological polar surface area (TPSA) is 53.4 Å². The number of carbonyl (C=O) groups excluding carboxylic acids is 1. The third-order valence-corrected chi connectivity index (χ3v) is 6.37. The molecule has 0 fully saturated rings. The van der Waals surface area contributed by atoms with Crippen LogP contribution in [0.2, 0.25) is 0 Å². The lowest BCUT2D eigenvalue weighted by molar-refractivity contribution is -0.161. The van der Waals surface area contributed by atoms with E-state index < -0.39 is 6.29 Å². The van der Waals surface area contributed by atoms with Crippen molar-refractivity contribution in [2.24, 2.45) is 0 Å². The van der Waals surface area contributed by atoms with E-state index in [1.54, 1.807) is 11.6 Å². The maximum atomic E-state index is 12.2. The zero-order chi connectivity index (χ0) is 25.1. The standard InChI is InChI=1S/C30H48N2O3/c1-4-5-6-7-8-9-10-11-12-13-14-15-16-17-21-24-30(33)35-27(3)34-29-25-26(2)31-32(29)28-22-19-18-20-23-28/h18-20,22-23,25,27H,4-17,21,24H2,1-3H3. The van der Waals surface area contributed by atoms with Crippen molar-refractivity contribution in [3.05, 3.63) is 42.1 Å². The molecule has 0 spiro atoms. The third-order valence-electron chi connectivity index (χ3n) is 6.37. The molecule has 1 aromatic carbocycles. The second-order valence-corrected chi connectivity index (χ2v) is 9.75. The van der Waals surface area contributed by atoms with E-state index in [2.05, 4.69) is 12.0 Å². The summed E-state index contributed by atoms with van der Waals surface area (Å²) in [6, 6.07) is 11.7. The van der Waals surface area contributed by atoms with Gasteiger partial charge in [-0.2, -0.15) is 5.10 Å². The summed E-state index contributed by atoms with van der Waals surface area (Å²) in [5, 5.41) is 4.49. The minimum atomic E-state index is -0.655. The number of nitrogens with zero attached hydrogens (tertiary/aromatic N) is 2. The van der Waals surface area contributed by atoms with E-state index in [0.29, 0.717) is 12.3 Å². The average molecular weight is 485 g/mol. The molecule has 35 heavy (non-hydrogen) atoms. The van der Waals surface area contributed by atoms with E-state index >= 15 is 0 Å². The molecule has 0 aliphatic carbocycles. The SMILES string of the molecule is CCCCCCCCCCCCCCCCCC(=O)OC(C)Oc1cc(C)nn1-c1ccccc1.